The number of hydrazone groups is 1. The molecule has 0 bridgehead atoms. The minimum atomic E-state index is 0.0143. The van der Waals surface area contributed by atoms with Gasteiger partial charge in [0, 0.05) is 5.92 Å². The van der Waals surface area contributed by atoms with Crippen molar-refractivity contribution in [2.24, 2.45) is 22.4 Å². The van der Waals surface area contributed by atoms with Crippen LogP contribution in [0.25, 0.3) is 0 Å². The number of rotatable bonds is 4. The second-order valence-electron chi connectivity index (χ2n) is 6.62. The number of hydrogen-bond acceptors (Lipinski definition) is 4. The number of amides is 1. The fourth-order valence-electron chi connectivity index (χ4n) is 3.91. The molecule has 2 N–H and O–H groups in total. The fourth-order valence-corrected chi connectivity index (χ4v) is 4.37. The fraction of sp³-hybridized carbons (Fsp3) is 0.529. The molecule has 23 heavy (non-hydrogen) atoms. The predicted octanol–water partition coefficient (Wildman–Crippen LogP) is 3.44. The summed E-state index contributed by atoms with van der Waals surface area (Å²) in [6.07, 6.45) is 6.30. The number of fused-ring (bicyclic) bond motifs is 1. The van der Waals surface area contributed by atoms with Crippen LogP contribution in [0.15, 0.2) is 21.7 Å². The summed E-state index contributed by atoms with van der Waals surface area (Å²) in [5, 5.41) is 13.8. The third-order valence-electron chi connectivity index (χ3n) is 5.27. The van der Waals surface area contributed by atoms with Gasteiger partial charge in [-0.2, -0.15) is 5.10 Å². The molecule has 0 spiro atoms. The molecule has 0 aliphatic heterocycles. The Morgan fingerprint density at radius 3 is 2.96 bits per heavy atom. The van der Waals surface area contributed by atoms with Crippen molar-refractivity contribution >= 4 is 28.1 Å². The second kappa shape index (κ2) is 6.15. The number of phenolic OH excluding ortho intramolecular Hbond substituents is 1. The molecule has 5 nitrogen and oxygen atoms in total. The molecule has 0 radical (unpaired) electrons. The number of hydrogen-bond donors (Lipinski definition) is 2. The van der Waals surface area contributed by atoms with Crippen LogP contribution in [0.1, 0.15) is 38.2 Å². The van der Waals surface area contributed by atoms with Crippen LogP contribution in [0.4, 0.5) is 0 Å². The molecule has 0 saturated heterocycles. The van der Waals surface area contributed by atoms with Crippen molar-refractivity contribution in [3.63, 3.8) is 0 Å². The number of nitrogens with zero attached hydrogens (tertiary/aromatic N) is 1. The van der Waals surface area contributed by atoms with E-state index in [1.165, 1.54) is 20.0 Å². The summed E-state index contributed by atoms with van der Waals surface area (Å²) in [4.78, 5) is 12.3. The Morgan fingerprint density at radius 1 is 1.52 bits per heavy atom. The van der Waals surface area contributed by atoms with Crippen LogP contribution in [0.2, 0.25) is 0 Å². The molecule has 2 aliphatic carbocycles. The summed E-state index contributed by atoms with van der Waals surface area (Å²) in [5.41, 5.74) is 3.57. The maximum atomic E-state index is 12.3. The molecule has 0 aromatic heterocycles. The number of benzene rings is 1. The van der Waals surface area contributed by atoms with Gasteiger partial charge in [-0.15, -0.1) is 0 Å². The van der Waals surface area contributed by atoms with Gasteiger partial charge in [-0.3, -0.25) is 4.79 Å². The van der Waals surface area contributed by atoms with E-state index in [1.807, 2.05) is 0 Å². The van der Waals surface area contributed by atoms with Crippen LogP contribution in [-0.4, -0.2) is 24.3 Å². The highest BCUT2D eigenvalue weighted by Gasteiger charge is 2.64. The van der Waals surface area contributed by atoms with Crippen LogP contribution >= 0.6 is 15.9 Å². The third kappa shape index (κ3) is 2.96. The largest absolute Gasteiger partial charge is 0.503 e. The number of nitrogens with one attached hydrogen (secondary N) is 1. The monoisotopic (exact) mass is 380 g/mol. The van der Waals surface area contributed by atoms with Gasteiger partial charge in [-0.25, -0.2) is 5.43 Å². The van der Waals surface area contributed by atoms with E-state index < -0.39 is 0 Å². The Kier molecular flexibility index (Phi) is 4.36. The summed E-state index contributed by atoms with van der Waals surface area (Å²) in [7, 11) is 1.49. The lowest BCUT2D eigenvalue weighted by Gasteiger charge is -2.15. The predicted molar refractivity (Wildman–Crippen MR) is 91.7 cm³/mol. The van der Waals surface area contributed by atoms with E-state index in [-0.39, 0.29) is 23.0 Å². The first-order chi connectivity index (χ1) is 11.0. The van der Waals surface area contributed by atoms with E-state index >= 15 is 0 Å². The van der Waals surface area contributed by atoms with Crippen molar-refractivity contribution in [3.8, 4) is 11.5 Å². The van der Waals surface area contributed by atoms with Crippen molar-refractivity contribution in [3.05, 3.63) is 22.2 Å². The minimum absolute atomic E-state index is 0.0143. The van der Waals surface area contributed by atoms with Gasteiger partial charge in [-0.05, 0) is 57.8 Å². The van der Waals surface area contributed by atoms with Gasteiger partial charge < -0.3 is 9.84 Å². The number of methoxy groups -OCH3 is 1. The van der Waals surface area contributed by atoms with Crippen LogP contribution in [0.3, 0.4) is 0 Å². The van der Waals surface area contributed by atoms with Crippen LogP contribution in [0, 0.1) is 17.3 Å². The molecule has 6 heteroatoms. The number of halogens is 1. The van der Waals surface area contributed by atoms with Crippen molar-refractivity contribution in [1.82, 2.24) is 5.43 Å². The van der Waals surface area contributed by atoms with E-state index in [4.69, 9.17) is 4.74 Å². The van der Waals surface area contributed by atoms with Crippen molar-refractivity contribution in [2.75, 3.05) is 7.11 Å². The van der Waals surface area contributed by atoms with Gasteiger partial charge in [0.25, 0.3) is 0 Å². The van der Waals surface area contributed by atoms with E-state index in [0.29, 0.717) is 16.1 Å². The lowest BCUT2D eigenvalue weighted by molar-refractivity contribution is -0.123. The van der Waals surface area contributed by atoms with Gasteiger partial charge in [0.15, 0.2) is 11.5 Å². The van der Waals surface area contributed by atoms with Gasteiger partial charge in [0.05, 0.1) is 17.8 Å². The lowest BCUT2D eigenvalue weighted by Crippen LogP contribution is -2.22. The Labute approximate surface area is 144 Å². The first-order valence-electron chi connectivity index (χ1n) is 7.87. The molecule has 3 atom stereocenters. The summed E-state index contributed by atoms with van der Waals surface area (Å²) in [6, 6.07) is 3.37. The highest BCUT2D eigenvalue weighted by Crippen LogP contribution is 2.66. The molecule has 2 fully saturated rings. The molecule has 1 aromatic carbocycles. The minimum Gasteiger partial charge on any atom is -0.503 e. The van der Waals surface area contributed by atoms with E-state index in [9.17, 15) is 9.90 Å². The topological polar surface area (TPSA) is 70.9 Å². The highest BCUT2D eigenvalue weighted by molar-refractivity contribution is 9.10. The zero-order valence-electron chi connectivity index (χ0n) is 13.3. The molecular weight excluding hydrogens is 360 g/mol. The lowest BCUT2D eigenvalue weighted by atomic mass is 9.90. The van der Waals surface area contributed by atoms with Crippen molar-refractivity contribution < 1.29 is 14.6 Å². The Bertz CT molecular complexity index is 661. The van der Waals surface area contributed by atoms with E-state index in [0.717, 1.165) is 18.4 Å². The summed E-state index contributed by atoms with van der Waals surface area (Å²) < 4.78 is 5.61. The van der Waals surface area contributed by atoms with Gasteiger partial charge in [0.1, 0.15) is 0 Å². The zero-order valence-corrected chi connectivity index (χ0v) is 14.9. The number of carbonyl (C=O) groups is 1. The number of aromatic hydroxyl groups is 1. The summed E-state index contributed by atoms with van der Waals surface area (Å²) in [6.45, 7) is 2.22. The molecular formula is C17H21BrN2O3. The first-order valence-corrected chi connectivity index (χ1v) is 8.66. The summed E-state index contributed by atoms with van der Waals surface area (Å²) >= 11 is 3.26. The summed E-state index contributed by atoms with van der Waals surface area (Å²) in [5.74, 6) is 1.04. The van der Waals surface area contributed by atoms with Crippen LogP contribution in [0.5, 0.6) is 11.5 Å². The zero-order chi connectivity index (χ0) is 16.6. The number of phenols is 1. The Hall–Kier alpha value is -1.56. The van der Waals surface area contributed by atoms with E-state index in [1.54, 1.807) is 18.3 Å². The second-order valence-corrected chi connectivity index (χ2v) is 7.48. The standard InChI is InChI=1S/C17H21BrN2O3/c1-17-6-4-3-5-11(17)14(17)16(22)20-19-9-10-7-12(18)15(21)13(8-10)23-2/h7-9,11,14,21H,3-6H2,1-2H3,(H,20,22)/b19-9-/t11-,14+,17-/m0/s1. The van der Waals surface area contributed by atoms with Gasteiger partial charge in [-0.1, -0.05) is 19.8 Å². The quantitative estimate of drug-likeness (QED) is 0.620. The maximum Gasteiger partial charge on any atom is 0.244 e. The number of ether oxygens (including phenoxy) is 1. The Morgan fingerprint density at radius 2 is 2.30 bits per heavy atom. The molecule has 1 aromatic rings. The number of carbonyl (C=O) groups excluding carboxylic acids is 1. The SMILES string of the molecule is COc1cc(/C=N\NC(=O)[C@H]2[C@@H]3CCCC[C@@]32C)cc(Br)c1O. The Balaban J connectivity index is 1.63. The average molecular weight is 381 g/mol. The third-order valence-corrected chi connectivity index (χ3v) is 5.88. The highest BCUT2D eigenvalue weighted by atomic mass is 79.9. The van der Waals surface area contributed by atoms with E-state index in [2.05, 4.69) is 33.4 Å². The van der Waals surface area contributed by atoms with Crippen LogP contribution in [-0.2, 0) is 4.79 Å². The molecule has 2 aliphatic rings. The normalized spacial score (nSPS) is 29.2. The molecule has 3 rings (SSSR count). The maximum absolute atomic E-state index is 12.3. The van der Waals surface area contributed by atoms with Crippen molar-refractivity contribution in [2.45, 2.75) is 32.6 Å². The molecule has 1 amide bonds. The van der Waals surface area contributed by atoms with Crippen molar-refractivity contribution in [1.29, 1.82) is 0 Å². The smallest absolute Gasteiger partial charge is 0.244 e. The molecule has 0 heterocycles. The van der Waals surface area contributed by atoms with Crippen LogP contribution < -0.4 is 10.2 Å². The molecule has 0 unspecified atom stereocenters. The molecule has 2 saturated carbocycles. The van der Waals surface area contributed by atoms with Gasteiger partial charge >= 0.3 is 0 Å². The first kappa shape index (κ1) is 16.3. The molecule has 124 valence electrons. The van der Waals surface area contributed by atoms with Gasteiger partial charge in [0.2, 0.25) is 5.91 Å². The average Bonchev–Trinajstić information content (AvgIpc) is 3.16.